The minimum absolute atomic E-state index is 0.0299. The molecule has 4 nitrogen and oxygen atoms in total. The van der Waals surface area contributed by atoms with Gasteiger partial charge in [-0.05, 0) is 49.2 Å². The number of anilines is 2. The lowest BCUT2D eigenvalue weighted by Gasteiger charge is -2.14. The molecule has 8 heteroatoms. The van der Waals surface area contributed by atoms with Gasteiger partial charge in [0.05, 0.1) is 22.2 Å². The zero-order valence-electron chi connectivity index (χ0n) is 14.0. The molecule has 0 aliphatic heterocycles. The Balaban J connectivity index is 2.16. The van der Waals surface area contributed by atoms with E-state index in [0.29, 0.717) is 32.9 Å². The predicted molar refractivity (Wildman–Crippen MR) is 104 cm³/mol. The molecule has 0 saturated heterocycles. The molecule has 1 unspecified atom stereocenters. The first kappa shape index (κ1) is 20.8. The Morgan fingerprint density at radius 2 is 1.85 bits per heavy atom. The Bertz CT molecular complexity index is 779. The van der Waals surface area contributed by atoms with Gasteiger partial charge in [0.15, 0.2) is 0 Å². The number of amides is 1. The van der Waals surface area contributed by atoms with Crippen molar-refractivity contribution in [2.24, 2.45) is 0 Å². The van der Waals surface area contributed by atoms with Crippen molar-refractivity contribution in [2.45, 2.75) is 25.8 Å². The zero-order chi connectivity index (χ0) is 19.3. The molecule has 0 aliphatic carbocycles. The number of carbonyl (C=O) groups excluding carboxylic acids is 1. The summed E-state index contributed by atoms with van der Waals surface area (Å²) >= 11 is 18.2. The van der Waals surface area contributed by atoms with Gasteiger partial charge < -0.3 is 15.7 Å². The highest BCUT2D eigenvalue weighted by Gasteiger charge is 2.13. The summed E-state index contributed by atoms with van der Waals surface area (Å²) in [5.74, 6) is -0.821. The van der Waals surface area contributed by atoms with Crippen molar-refractivity contribution in [1.29, 1.82) is 0 Å². The van der Waals surface area contributed by atoms with Crippen LogP contribution in [-0.4, -0.2) is 23.7 Å². The molecule has 1 atom stereocenters. The number of nitrogens with one attached hydrogen (secondary N) is 2. The summed E-state index contributed by atoms with van der Waals surface area (Å²) < 4.78 is 14.0. The number of rotatable bonds is 7. The van der Waals surface area contributed by atoms with Crippen molar-refractivity contribution >= 4 is 52.1 Å². The van der Waals surface area contributed by atoms with E-state index in [-0.39, 0.29) is 30.5 Å². The maximum atomic E-state index is 14.0. The summed E-state index contributed by atoms with van der Waals surface area (Å²) in [6, 6.07) is 7.19. The summed E-state index contributed by atoms with van der Waals surface area (Å²) in [6.07, 6.45) is 0.308. The molecule has 0 aliphatic rings. The zero-order valence-corrected chi connectivity index (χ0v) is 16.2. The molecule has 0 spiro atoms. The topological polar surface area (TPSA) is 61.4 Å². The summed E-state index contributed by atoms with van der Waals surface area (Å²) in [4.78, 5) is 12.0. The van der Waals surface area contributed by atoms with E-state index in [0.717, 1.165) is 0 Å². The number of hydrogen-bond acceptors (Lipinski definition) is 3. The van der Waals surface area contributed by atoms with Gasteiger partial charge in [-0.25, -0.2) is 4.39 Å². The Hall–Kier alpha value is -1.53. The van der Waals surface area contributed by atoms with Gasteiger partial charge in [0.1, 0.15) is 5.82 Å². The van der Waals surface area contributed by atoms with Crippen LogP contribution in [0.5, 0.6) is 0 Å². The molecular formula is C18H18Cl3FN2O2. The highest BCUT2D eigenvalue weighted by Crippen LogP contribution is 2.36. The van der Waals surface area contributed by atoms with Crippen LogP contribution in [-0.2, 0) is 11.2 Å². The van der Waals surface area contributed by atoms with E-state index in [4.69, 9.17) is 39.9 Å². The first-order valence-corrected chi connectivity index (χ1v) is 9.03. The van der Waals surface area contributed by atoms with Crippen LogP contribution >= 0.6 is 34.8 Å². The molecule has 0 saturated carbocycles. The lowest BCUT2D eigenvalue weighted by atomic mass is 10.1. The van der Waals surface area contributed by atoms with E-state index < -0.39 is 5.82 Å². The molecular weight excluding hydrogens is 402 g/mol. The molecule has 0 aromatic heterocycles. The summed E-state index contributed by atoms with van der Waals surface area (Å²) in [5, 5.41) is 15.6. The fourth-order valence-corrected chi connectivity index (χ4v) is 3.27. The summed E-state index contributed by atoms with van der Waals surface area (Å²) in [7, 11) is 0. The standard InChI is InChI=1S/C18H18Cl3FN2O2/c1-10(4-5-25)23-17(26)7-11-6-13(2-3-16(11)22)24-18-14(20)8-12(19)9-15(18)21/h2-3,6,8-10,24-25H,4-5,7H2,1H3,(H,23,26). The van der Waals surface area contributed by atoms with Crippen LogP contribution in [0, 0.1) is 5.82 Å². The maximum absolute atomic E-state index is 14.0. The average Bonchev–Trinajstić information content (AvgIpc) is 2.53. The van der Waals surface area contributed by atoms with E-state index >= 15 is 0 Å². The van der Waals surface area contributed by atoms with Crippen LogP contribution in [0.2, 0.25) is 15.1 Å². The number of aliphatic hydroxyl groups excluding tert-OH is 1. The Morgan fingerprint density at radius 1 is 1.19 bits per heavy atom. The molecule has 140 valence electrons. The van der Waals surface area contributed by atoms with Gasteiger partial charge in [0.2, 0.25) is 5.91 Å². The predicted octanol–water partition coefficient (Wildman–Crippen LogP) is 4.96. The maximum Gasteiger partial charge on any atom is 0.224 e. The van der Waals surface area contributed by atoms with E-state index in [2.05, 4.69) is 10.6 Å². The lowest BCUT2D eigenvalue weighted by Crippen LogP contribution is -2.34. The number of aliphatic hydroxyl groups is 1. The van der Waals surface area contributed by atoms with E-state index in [1.54, 1.807) is 6.92 Å². The van der Waals surface area contributed by atoms with Gasteiger partial charge in [0, 0.05) is 23.4 Å². The van der Waals surface area contributed by atoms with Crippen molar-refractivity contribution in [3.05, 3.63) is 56.8 Å². The minimum Gasteiger partial charge on any atom is -0.396 e. The van der Waals surface area contributed by atoms with Crippen LogP contribution in [0.3, 0.4) is 0 Å². The fourth-order valence-electron chi connectivity index (χ4n) is 2.36. The molecule has 3 N–H and O–H groups in total. The molecule has 26 heavy (non-hydrogen) atoms. The van der Waals surface area contributed by atoms with Crippen molar-refractivity contribution in [3.8, 4) is 0 Å². The minimum atomic E-state index is -0.492. The van der Waals surface area contributed by atoms with Gasteiger partial charge >= 0.3 is 0 Å². The van der Waals surface area contributed by atoms with E-state index in [1.807, 2.05) is 0 Å². The van der Waals surface area contributed by atoms with Gasteiger partial charge in [-0.3, -0.25) is 4.79 Å². The highest BCUT2D eigenvalue weighted by atomic mass is 35.5. The third-order valence-electron chi connectivity index (χ3n) is 3.64. The SMILES string of the molecule is CC(CCO)NC(=O)Cc1cc(Nc2c(Cl)cc(Cl)cc2Cl)ccc1F. The second-order valence-corrected chi connectivity index (χ2v) is 7.08. The monoisotopic (exact) mass is 418 g/mol. The molecule has 2 aromatic carbocycles. The largest absolute Gasteiger partial charge is 0.396 e. The summed E-state index contributed by atoms with van der Waals surface area (Å²) in [5.41, 5.74) is 1.20. The third-order valence-corrected chi connectivity index (χ3v) is 4.46. The molecule has 0 radical (unpaired) electrons. The number of halogens is 4. The molecule has 1 amide bonds. The fraction of sp³-hybridized carbons (Fsp3) is 0.278. The Kier molecular flexibility index (Phi) is 7.53. The number of carbonyl (C=O) groups is 1. The quantitative estimate of drug-likeness (QED) is 0.594. The van der Waals surface area contributed by atoms with Crippen LogP contribution in [0.4, 0.5) is 15.8 Å². The van der Waals surface area contributed by atoms with E-state index in [1.165, 1.54) is 30.3 Å². The smallest absolute Gasteiger partial charge is 0.224 e. The van der Waals surface area contributed by atoms with E-state index in [9.17, 15) is 9.18 Å². The Labute approximate surface area is 166 Å². The molecule has 2 rings (SSSR count). The lowest BCUT2D eigenvalue weighted by molar-refractivity contribution is -0.121. The van der Waals surface area contributed by atoms with Crippen molar-refractivity contribution in [1.82, 2.24) is 5.32 Å². The second kappa shape index (κ2) is 9.42. The van der Waals surface area contributed by atoms with Crippen LogP contribution in [0.15, 0.2) is 30.3 Å². The Morgan fingerprint density at radius 3 is 2.46 bits per heavy atom. The average molecular weight is 420 g/mol. The summed E-state index contributed by atoms with van der Waals surface area (Å²) in [6.45, 7) is 1.74. The normalized spacial score (nSPS) is 11.9. The van der Waals surface area contributed by atoms with Crippen molar-refractivity contribution < 1.29 is 14.3 Å². The first-order valence-electron chi connectivity index (χ1n) is 7.90. The van der Waals surface area contributed by atoms with Gasteiger partial charge in [0.25, 0.3) is 0 Å². The van der Waals surface area contributed by atoms with Gasteiger partial charge in [-0.2, -0.15) is 0 Å². The van der Waals surface area contributed by atoms with Crippen molar-refractivity contribution in [3.63, 3.8) is 0 Å². The first-order chi connectivity index (χ1) is 12.3. The molecule has 0 fully saturated rings. The number of benzene rings is 2. The highest BCUT2D eigenvalue weighted by molar-refractivity contribution is 6.41. The van der Waals surface area contributed by atoms with Crippen LogP contribution in [0.1, 0.15) is 18.9 Å². The van der Waals surface area contributed by atoms with Crippen LogP contribution in [0.25, 0.3) is 0 Å². The molecule has 0 bridgehead atoms. The number of hydrogen-bond donors (Lipinski definition) is 3. The van der Waals surface area contributed by atoms with Gasteiger partial charge in [-0.15, -0.1) is 0 Å². The second-order valence-electron chi connectivity index (χ2n) is 5.83. The molecule has 0 heterocycles. The molecule has 2 aromatic rings. The van der Waals surface area contributed by atoms with Crippen LogP contribution < -0.4 is 10.6 Å². The third kappa shape index (κ3) is 5.74. The van der Waals surface area contributed by atoms with Gasteiger partial charge in [-0.1, -0.05) is 34.8 Å². The van der Waals surface area contributed by atoms with Crippen molar-refractivity contribution in [2.75, 3.05) is 11.9 Å².